The van der Waals surface area contributed by atoms with E-state index in [2.05, 4.69) is 10.6 Å². The van der Waals surface area contributed by atoms with Gasteiger partial charge in [0.05, 0.1) is 5.92 Å². The molecular weight excluding hydrogens is 228 g/mol. The molecular formula is C14H18N2O2. The van der Waals surface area contributed by atoms with Crippen molar-refractivity contribution in [1.82, 2.24) is 5.32 Å². The van der Waals surface area contributed by atoms with Gasteiger partial charge in [-0.25, -0.2) is 0 Å². The first-order valence-corrected chi connectivity index (χ1v) is 6.48. The lowest BCUT2D eigenvalue weighted by molar-refractivity contribution is -0.140. The number of benzene rings is 1. The standard InChI is InChI=1S/C14H18N2O2/c1-8-3-2-4-9-12(14(17)18)10-7-15-6-5-11(10)16-13(8)9/h2-4,10-12,15-16H,5-7H2,1H3,(H,17,18). The first-order valence-electron chi connectivity index (χ1n) is 6.48. The molecule has 2 aliphatic rings. The third-order valence-corrected chi connectivity index (χ3v) is 4.19. The predicted octanol–water partition coefficient (Wildman–Crippen LogP) is 1.57. The summed E-state index contributed by atoms with van der Waals surface area (Å²) in [5.74, 6) is -0.952. The highest BCUT2D eigenvalue weighted by atomic mass is 16.4. The molecule has 1 saturated heterocycles. The Morgan fingerprint density at radius 2 is 2.28 bits per heavy atom. The summed E-state index contributed by atoms with van der Waals surface area (Å²) >= 11 is 0. The fourth-order valence-corrected chi connectivity index (χ4v) is 3.29. The van der Waals surface area contributed by atoms with Crippen LogP contribution in [0.4, 0.5) is 5.69 Å². The van der Waals surface area contributed by atoms with Gasteiger partial charge >= 0.3 is 5.97 Å². The maximum atomic E-state index is 11.6. The Bertz CT molecular complexity index is 487. The van der Waals surface area contributed by atoms with E-state index in [0.29, 0.717) is 0 Å². The number of carbonyl (C=O) groups is 1. The summed E-state index contributed by atoms with van der Waals surface area (Å²) in [7, 11) is 0. The van der Waals surface area contributed by atoms with Gasteiger partial charge in [-0.05, 0) is 31.0 Å². The fourth-order valence-electron chi connectivity index (χ4n) is 3.29. The maximum absolute atomic E-state index is 11.6. The van der Waals surface area contributed by atoms with Gasteiger partial charge in [0.2, 0.25) is 0 Å². The molecule has 2 aliphatic heterocycles. The van der Waals surface area contributed by atoms with Crippen molar-refractivity contribution in [3.05, 3.63) is 29.3 Å². The Balaban J connectivity index is 2.10. The van der Waals surface area contributed by atoms with Gasteiger partial charge in [-0.1, -0.05) is 18.2 Å². The summed E-state index contributed by atoms with van der Waals surface area (Å²) in [6.45, 7) is 3.77. The number of para-hydroxylation sites is 1. The summed E-state index contributed by atoms with van der Waals surface area (Å²) in [6.07, 6.45) is 0.988. The number of aryl methyl sites for hydroxylation is 1. The van der Waals surface area contributed by atoms with Crippen molar-refractivity contribution in [2.24, 2.45) is 5.92 Å². The van der Waals surface area contributed by atoms with Crippen LogP contribution >= 0.6 is 0 Å². The molecule has 1 fully saturated rings. The molecule has 0 saturated carbocycles. The minimum atomic E-state index is -0.706. The Kier molecular flexibility index (Phi) is 2.74. The van der Waals surface area contributed by atoms with E-state index in [4.69, 9.17) is 0 Å². The van der Waals surface area contributed by atoms with Crippen LogP contribution in [0.25, 0.3) is 0 Å². The van der Waals surface area contributed by atoms with Crippen LogP contribution in [0.5, 0.6) is 0 Å². The zero-order chi connectivity index (χ0) is 12.7. The summed E-state index contributed by atoms with van der Waals surface area (Å²) in [5, 5.41) is 16.4. The van der Waals surface area contributed by atoms with Gasteiger partial charge in [-0.15, -0.1) is 0 Å². The van der Waals surface area contributed by atoms with Gasteiger partial charge in [0.25, 0.3) is 0 Å². The molecule has 3 rings (SSSR count). The second-order valence-corrected chi connectivity index (χ2v) is 5.26. The third-order valence-electron chi connectivity index (χ3n) is 4.19. The van der Waals surface area contributed by atoms with Crippen molar-refractivity contribution >= 4 is 11.7 Å². The molecule has 0 amide bonds. The number of nitrogens with one attached hydrogen (secondary N) is 2. The normalized spacial score (nSPS) is 29.9. The Hall–Kier alpha value is -1.55. The van der Waals surface area contributed by atoms with Gasteiger partial charge < -0.3 is 15.7 Å². The lowest BCUT2D eigenvalue weighted by atomic mass is 9.74. The highest BCUT2D eigenvalue weighted by Gasteiger charge is 2.42. The van der Waals surface area contributed by atoms with Gasteiger partial charge in [-0.2, -0.15) is 0 Å². The van der Waals surface area contributed by atoms with E-state index in [1.165, 1.54) is 0 Å². The van der Waals surface area contributed by atoms with Crippen molar-refractivity contribution in [2.75, 3.05) is 18.4 Å². The highest BCUT2D eigenvalue weighted by molar-refractivity contribution is 5.81. The van der Waals surface area contributed by atoms with E-state index in [0.717, 1.165) is 36.3 Å². The summed E-state index contributed by atoms with van der Waals surface area (Å²) in [6, 6.07) is 6.20. The third kappa shape index (κ3) is 1.68. The summed E-state index contributed by atoms with van der Waals surface area (Å²) < 4.78 is 0. The number of hydrogen-bond donors (Lipinski definition) is 3. The molecule has 4 heteroatoms. The molecule has 0 aromatic heterocycles. The molecule has 0 aliphatic carbocycles. The van der Waals surface area contributed by atoms with Crippen molar-refractivity contribution in [2.45, 2.75) is 25.3 Å². The zero-order valence-electron chi connectivity index (χ0n) is 10.4. The van der Waals surface area contributed by atoms with Crippen LogP contribution in [0.3, 0.4) is 0 Å². The van der Waals surface area contributed by atoms with Gasteiger partial charge in [0, 0.05) is 24.2 Å². The monoisotopic (exact) mass is 246 g/mol. The minimum absolute atomic E-state index is 0.144. The molecule has 0 radical (unpaired) electrons. The number of aliphatic carboxylic acids is 1. The van der Waals surface area contributed by atoms with E-state index in [1.807, 2.05) is 25.1 Å². The predicted molar refractivity (Wildman–Crippen MR) is 69.9 cm³/mol. The summed E-state index contributed by atoms with van der Waals surface area (Å²) in [4.78, 5) is 11.6. The second-order valence-electron chi connectivity index (χ2n) is 5.26. The molecule has 96 valence electrons. The minimum Gasteiger partial charge on any atom is -0.481 e. The number of carboxylic acids is 1. The maximum Gasteiger partial charge on any atom is 0.311 e. The zero-order valence-corrected chi connectivity index (χ0v) is 10.4. The number of hydrogen-bond acceptors (Lipinski definition) is 3. The van der Waals surface area contributed by atoms with Crippen molar-refractivity contribution < 1.29 is 9.90 Å². The first-order chi connectivity index (χ1) is 8.68. The van der Waals surface area contributed by atoms with E-state index in [1.54, 1.807) is 0 Å². The molecule has 18 heavy (non-hydrogen) atoms. The van der Waals surface area contributed by atoms with Crippen LogP contribution in [0, 0.1) is 12.8 Å². The Morgan fingerprint density at radius 3 is 3.06 bits per heavy atom. The molecule has 3 unspecified atom stereocenters. The fraction of sp³-hybridized carbons (Fsp3) is 0.500. The van der Waals surface area contributed by atoms with Crippen LogP contribution in [-0.2, 0) is 4.79 Å². The van der Waals surface area contributed by atoms with Gasteiger partial charge in [0.15, 0.2) is 0 Å². The molecule has 0 spiro atoms. The van der Waals surface area contributed by atoms with Crippen molar-refractivity contribution in [1.29, 1.82) is 0 Å². The van der Waals surface area contributed by atoms with Crippen LogP contribution < -0.4 is 10.6 Å². The van der Waals surface area contributed by atoms with Crippen LogP contribution in [-0.4, -0.2) is 30.2 Å². The number of piperidine rings is 1. The summed E-state index contributed by atoms with van der Waals surface area (Å²) in [5.41, 5.74) is 3.11. The molecule has 3 N–H and O–H groups in total. The molecule has 1 aromatic rings. The average molecular weight is 246 g/mol. The highest BCUT2D eigenvalue weighted by Crippen LogP contribution is 2.41. The Labute approximate surface area is 106 Å². The molecule has 0 bridgehead atoms. The SMILES string of the molecule is Cc1cccc2c1NC1CCNCC1C2C(=O)O. The van der Waals surface area contributed by atoms with Crippen molar-refractivity contribution in [3.63, 3.8) is 0 Å². The Morgan fingerprint density at radius 1 is 1.44 bits per heavy atom. The molecule has 1 aromatic carbocycles. The average Bonchev–Trinajstić information content (AvgIpc) is 2.36. The van der Waals surface area contributed by atoms with Gasteiger partial charge in [0.1, 0.15) is 0 Å². The lowest BCUT2D eigenvalue weighted by Crippen LogP contribution is -2.50. The van der Waals surface area contributed by atoms with Gasteiger partial charge in [-0.3, -0.25) is 4.79 Å². The smallest absolute Gasteiger partial charge is 0.311 e. The second kappa shape index (κ2) is 4.28. The van der Waals surface area contributed by atoms with E-state index in [9.17, 15) is 9.90 Å². The van der Waals surface area contributed by atoms with Crippen LogP contribution in [0.1, 0.15) is 23.5 Å². The van der Waals surface area contributed by atoms with Crippen LogP contribution in [0.2, 0.25) is 0 Å². The van der Waals surface area contributed by atoms with E-state index >= 15 is 0 Å². The number of carboxylic acid groups (broad SMARTS) is 1. The molecule has 3 atom stereocenters. The molecule has 2 heterocycles. The van der Waals surface area contributed by atoms with Crippen LogP contribution in [0.15, 0.2) is 18.2 Å². The number of rotatable bonds is 1. The van der Waals surface area contributed by atoms with E-state index < -0.39 is 5.97 Å². The largest absolute Gasteiger partial charge is 0.481 e. The number of fused-ring (bicyclic) bond motifs is 2. The van der Waals surface area contributed by atoms with Crippen molar-refractivity contribution in [3.8, 4) is 0 Å². The molecule has 4 nitrogen and oxygen atoms in total. The first kappa shape index (κ1) is 11.5. The van der Waals surface area contributed by atoms with E-state index in [-0.39, 0.29) is 17.9 Å². The number of anilines is 1. The quantitative estimate of drug-likeness (QED) is 0.704. The lowest BCUT2D eigenvalue weighted by Gasteiger charge is -2.42. The topological polar surface area (TPSA) is 61.4 Å².